The van der Waals surface area contributed by atoms with Crippen LogP contribution in [0.5, 0.6) is 5.75 Å². The number of amides is 1. The van der Waals surface area contributed by atoms with Crippen LogP contribution in [0, 0.1) is 0 Å². The van der Waals surface area contributed by atoms with Crippen LogP contribution >= 0.6 is 0 Å². The highest BCUT2D eigenvalue weighted by Crippen LogP contribution is 2.23. The van der Waals surface area contributed by atoms with E-state index in [9.17, 15) is 9.90 Å². The number of benzene rings is 1. The van der Waals surface area contributed by atoms with Crippen molar-refractivity contribution in [3.63, 3.8) is 0 Å². The molecule has 3 rings (SSSR count). The minimum atomic E-state index is -0.339. The first-order valence-corrected chi connectivity index (χ1v) is 7.96. The van der Waals surface area contributed by atoms with Gasteiger partial charge in [0.25, 0.3) is 5.91 Å². The fraction of sp³-hybridized carbons (Fsp3) is 0.222. The summed E-state index contributed by atoms with van der Waals surface area (Å²) >= 11 is 0. The molecule has 0 unspecified atom stereocenters. The zero-order valence-electron chi connectivity index (χ0n) is 14.0. The fourth-order valence-electron chi connectivity index (χ4n) is 2.46. The van der Waals surface area contributed by atoms with Gasteiger partial charge in [-0.2, -0.15) is 5.10 Å². The molecule has 2 heterocycles. The fourth-order valence-corrected chi connectivity index (χ4v) is 2.46. The number of hydrogen-bond acceptors (Lipinski definition) is 5. The second kappa shape index (κ2) is 7.12. The van der Waals surface area contributed by atoms with E-state index in [-0.39, 0.29) is 29.7 Å². The van der Waals surface area contributed by atoms with Gasteiger partial charge in [-0.3, -0.25) is 4.79 Å². The van der Waals surface area contributed by atoms with Crippen LogP contribution in [0.25, 0.3) is 5.82 Å². The monoisotopic (exact) mass is 337 g/mol. The van der Waals surface area contributed by atoms with Crippen LogP contribution in [0.4, 0.5) is 0 Å². The second-order valence-corrected chi connectivity index (χ2v) is 5.94. The van der Waals surface area contributed by atoms with Gasteiger partial charge in [-0.25, -0.2) is 14.6 Å². The van der Waals surface area contributed by atoms with E-state index in [0.717, 1.165) is 11.1 Å². The zero-order chi connectivity index (χ0) is 17.8. The Hall–Kier alpha value is -3.22. The number of carbonyl (C=O) groups is 1. The van der Waals surface area contributed by atoms with Gasteiger partial charge in [-0.05, 0) is 29.7 Å². The lowest BCUT2D eigenvalue weighted by Crippen LogP contribution is -2.24. The number of rotatable bonds is 5. The van der Waals surface area contributed by atoms with Crippen LogP contribution in [-0.2, 0) is 6.54 Å². The summed E-state index contributed by atoms with van der Waals surface area (Å²) in [7, 11) is 0. The number of aromatic hydroxyl groups is 1. The van der Waals surface area contributed by atoms with E-state index in [1.54, 1.807) is 35.4 Å². The average molecular weight is 337 g/mol. The molecule has 2 aromatic heterocycles. The number of nitrogens with one attached hydrogen (secondary N) is 1. The molecule has 0 atom stereocenters. The molecule has 0 aliphatic heterocycles. The maximum Gasteiger partial charge on any atom is 0.255 e. The van der Waals surface area contributed by atoms with Crippen molar-refractivity contribution in [1.82, 2.24) is 25.1 Å². The van der Waals surface area contributed by atoms with E-state index < -0.39 is 0 Å². The minimum Gasteiger partial charge on any atom is -0.507 e. The summed E-state index contributed by atoms with van der Waals surface area (Å²) in [6.45, 7) is 4.33. The third-order valence-corrected chi connectivity index (χ3v) is 3.87. The van der Waals surface area contributed by atoms with E-state index >= 15 is 0 Å². The Bertz CT molecular complexity index is 875. The summed E-state index contributed by atoms with van der Waals surface area (Å²) in [5.41, 5.74) is 2.05. The van der Waals surface area contributed by atoms with Crippen LogP contribution in [0.1, 0.15) is 41.3 Å². The van der Waals surface area contributed by atoms with Crippen LogP contribution in [0.3, 0.4) is 0 Å². The maximum absolute atomic E-state index is 12.5. The molecule has 0 fully saturated rings. The Balaban J connectivity index is 1.79. The minimum absolute atomic E-state index is 0.0374. The van der Waals surface area contributed by atoms with Gasteiger partial charge in [0.2, 0.25) is 0 Å². The van der Waals surface area contributed by atoms with Crippen molar-refractivity contribution >= 4 is 5.91 Å². The number of carbonyl (C=O) groups excluding carboxylic acids is 1. The summed E-state index contributed by atoms with van der Waals surface area (Å²) in [6.07, 6.45) is 4.62. The molecule has 0 spiro atoms. The van der Waals surface area contributed by atoms with Crippen LogP contribution < -0.4 is 5.32 Å². The van der Waals surface area contributed by atoms with Gasteiger partial charge in [0.1, 0.15) is 18.4 Å². The number of phenols is 1. The van der Waals surface area contributed by atoms with E-state index in [1.807, 2.05) is 26.0 Å². The second-order valence-electron chi connectivity index (χ2n) is 5.94. The predicted octanol–water partition coefficient (Wildman–Crippen LogP) is 2.42. The highest BCUT2D eigenvalue weighted by molar-refractivity contribution is 5.97. The smallest absolute Gasteiger partial charge is 0.255 e. The third kappa shape index (κ3) is 3.65. The van der Waals surface area contributed by atoms with Gasteiger partial charge in [0.15, 0.2) is 5.82 Å². The quantitative estimate of drug-likeness (QED) is 0.746. The first-order chi connectivity index (χ1) is 12.1. The third-order valence-electron chi connectivity index (χ3n) is 3.87. The SMILES string of the molecule is CC(C)c1ccc(O)c(C(=O)NCc2cccnc2-n2cncn2)c1. The molecule has 0 bridgehead atoms. The number of hydrogen-bond donors (Lipinski definition) is 2. The Morgan fingerprint density at radius 2 is 2.16 bits per heavy atom. The molecule has 0 aliphatic carbocycles. The van der Waals surface area contributed by atoms with Gasteiger partial charge in [0.05, 0.1) is 5.56 Å². The van der Waals surface area contributed by atoms with Gasteiger partial charge < -0.3 is 10.4 Å². The molecule has 0 radical (unpaired) electrons. The maximum atomic E-state index is 12.5. The van der Waals surface area contributed by atoms with E-state index in [2.05, 4.69) is 20.4 Å². The Kier molecular flexibility index (Phi) is 4.74. The van der Waals surface area contributed by atoms with Crippen molar-refractivity contribution in [3.8, 4) is 11.6 Å². The first kappa shape index (κ1) is 16.6. The first-order valence-electron chi connectivity index (χ1n) is 7.96. The van der Waals surface area contributed by atoms with Crippen LogP contribution in [0.2, 0.25) is 0 Å². The molecule has 3 aromatic rings. The Morgan fingerprint density at radius 3 is 2.88 bits per heavy atom. The number of pyridine rings is 1. The highest BCUT2D eigenvalue weighted by Gasteiger charge is 2.14. The molecule has 0 saturated heterocycles. The molecular weight excluding hydrogens is 318 g/mol. The number of nitrogens with zero attached hydrogens (tertiary/aromatic N) is 4. The molecule has 7 heteroatoms. The number of phenolic OH excluding ortho intramolecular Hbond substituents is 1. The molecule has 128 valence electrons. The lowest BCUT2D eigenvalue weighted by Gasteiger charge is -2.12. The molecule has 7 nitrogen and oxygen atoms in total. The summed E-state index contributed by atoms with van der Waals surface area (Å²) < 4.78 is 1.54. The van der Waals surface area contributed by atoms with E-state index in [0.29, 0.717) is 5.82 Å². The summed E-state index contributed by atoms with van der Waals surface area (Å²) in [6, 6.07) is 8.74. The number of aromatic nitrogens is 4. The normalized spacial score (nSPS) is 10.8. The molecule has 1 aromatic carbocycles. The van der Waals surface area contributed by atoms with Gasteiger partial charge >= 0.3 is 0 Å². The van der Waals surface area contributed by atoms with Gasteiger partial charge in [0, 0.05) is 18.3 Å². The zero-order valence-corrected chi connectivity index (χ0v) is 14.0. The average Bonchev–Trinajstić information content (AvgIpc) is 3.14. The van der Waals surface area contributed by atoms with Crippen LogP contribution in [0.15, 0.2) is 49.2 Å². The van der Waals surface area contributed by atoms with Gasteiger partial charge in [-0.15, -0.1) is 0 Å². The molecule has 2 N–H and O–H groups in total. The summed E-state index contributed by atoms with van der Waals surface area (Å²) in [5.74, 6) is 0.489. The van der Waals surface area contributed by atoms with Gasteiger partial charge in [-0.1, -0.05) is 26.0 Å². The standard InChI is InChI=1S/C18H19N5O2/c1-12(2)13-5-6-16(24)15(8-13)18(25)21-9-14-4-3-7-20-17(14)23-11-19-10-22-23/h3-8,10-12,24H,9H2,1-2H3,(H,21,25). The molecular formula is C18H19N5O2. The lowest BCUT2D eigenvalue weighted by atomic mass is 10.00. The molecule has 25 heavy (non-hydrogen) atoms. The van der Waals surface area contributed by atoms with Crippen molar-refractivity contribution in [2.75, 3.05) is 0 Å². The van der Waals surface area contributed by atoms with E-state index in [4.69, 9.17) is 0 Å². The lowest BCUT2D eigenvalue weighted by molar-refractivity contribution is 0.0948. The molecule has 0 saturated carbocycles. The topological polar surface area (TPSA) is 92.9 Å². The largest absolute Gasteiger partial charge is 0.507 e. The van der Waals surface area contributed by atoms with E-state index in [1.165, 1.54) is 6.33 Å². The van der Waals surface area contributed by atoms with Crippen molar-refractivity contribution in [3.05, 3.63) is 65.9 Å². The molecule has 0 aliphatic rings. The Labute approximate surface area is 145 Å². The summed E-state index contributed by atoms with van der Waals surface area (Å²) in [4.78, 5) is 20.7. The van der Waals surface area contributed by atoms with Crippen molar-refractivity contribution < 1.29 is 9.90 Å². The molecule has 1 amide bonds. The Morgan fingerprint density at radius 1 is 1.32 bits per heavy atom. The van der Waals surface area contributed by atoms with Crippen molar-refractivity contribution in [2.45, 2.75) is 26.3 Å². The van der Waals surface area contributed by atoms with Crippen LogP contribution in [-0.4, -0.2) is 30.8 Å². The van der Waals surface area contributed by atoms with Crippen molar-refractivity contribution in [1.29, 1.82) is 0 Å². The highest BCUT2D eigenvalue weighted by atomic mass is 16.3. The predicted molar refractivity (Wildman–Crippen MR) is 92.5 cm³/mol. The summed E-state index contributed by atoms with van der Waals surface area (Å²) in [5, 5.41) is 16.9. The van der Waals surface area contributed by atoms with Crippen molar-refractivity contribution in [2.24, 2.45) is 0 Å².